The molecule has 30 heavy (non-hydrogen) atoms. The molecule has 5 nitrogen and oxygen atoms in total. The minimum atomic E-state index is -1.17. The van der Waals surface area contributed by atoms with Crippen LogP contribution in [0, 0.1) is 5.82 Å². The van der Waals surface area contributed by atoms with Gasteiger partial charge in [-0.25, -0.2) is 4.39 Å². The van der Waals surface area contributed by atoms with Crippen molar-refractivity contribution in [1.29, 1.82) is 0 Å². The fourth-order valence-electron chi connectivity index (χ4n) is 4.34. The molecule has 7 heteroatoms. The molecular formula is C23H22ClFN2O3. The second kappa shape index (κ2) is 6.79. The van der Waals surface area contributed by atoms with Gasteiger partial charge in [0.15, 0.2) is 0 Å². The summed E-state index contributed by atoms with van der Waals surface area (Å²) in [7, 11) is 0. The van der Waals surface area contributed by atoms with Gasteiger partial charge in [0.25, 0.3) is 11.8 Å². The van der Waals surface area contributed by atoms with Crippen molar-refractivity contribution in [2.24, 2.45) is 0 Å². The minimum Gasteiger partial charge on any atom is -0.380 e. The van der Waals surface area contributed by atoms with E-state index >= 15 is 0 Å². The highest BCUT2D eigenvalue weighted by Crippen LogP contribution is 2.46. The number of carbonyl (C=O) groups excluding carboxylic acids is 2. The quantitative estimate of drug-likeness (QED) is 0.814. The summed E-state index contributed by atoms with van der Waals surface area (Å²) in [6.07, 6.45) is 2.76. The van der Waals surface area contributed by atoms with E-state index in [4.69, 9.17) is 11.6 Å². The Balaban J connectivity index is 1.32. The predicted molar refractivity (Wildman–Crippen MR) is 111 cm³/mol. The molecule has 0 radical (unpaired) electrons. The molecule has 156 valence electrons. The summed E-state index contributed by atoms with van der Waals surface area (Å²) in [5.74, 6) is -0.681. The zero-order valence-electron chi connectivity index (χ0n) is 16.4. The van der Waals surface area contributed by atoms with E-state index in [0.29, 0.717) is 54.2 Å². The summed E-state index contributed by atoms with van der Waals surface area (Å²) in [6.45, 7) is 1.37. The van der Waals surface area contributed by atoms with Gasteiger partial charge in [0.05, 0.1) is 5.54 Å². The first-order valence-corrected chi connectivity index (χ1v) is 10.6. The lowest BCUT2D eigenvalue weighted by Gasteiger charge is -2.43. The van der Waals surface area contributed by atoms with Crippen molar-refractivity contribution in [3.63, 3.8) is 0 Å². The zero-order chi connectivity index (χ0) is 21.1. The first-order valence-electron chi connectivity index (χ1n) is 10.2. The lowest BCUT2D eigenvalue weighted by Crippen LogP contribution is -2.60. The highest BCUT2D eigenvalue weighted by Gasteiger charge is 2.57. The molecule has 2 aromatic rings. The number of piperazine rings is 1. The number of halogens is 2. The molecule has 0 bridgehead atoms. The van der Waals surface area contributed by atoms with Gasteiger partial charge in [0.1, 0.15) is 11.4 Å². The van der Waals surface area contributed by atoms with Crippen LogP contribution < -0.4 is 0 Å². The van der Waals surface area contributed by atoms with Gasteiger partial charge < -0.3 is 14.9 Å². The summed E-state index contributed by atoms with van der Waals surface area (Å²) < 4.78 is 14.2. The Hall–Kier alpha value is -2.44. The van der Waals surface area contributed by atoms with Crippen LogP contribution in [0.1, 0.15) is 36.0 Å². The van der Waals surface area contributed by atoms with Crippen LogP contribution in [0.3, 0.4) is 0 Å². The topological polar surface area (TPSA) is 60.9 Å². The molecule has 1 heterocycles. The molecule has 3 aliphatic rings. The van der Waals surface area contributed by atoms with Crippen molar-refractivity contribution in [2.75, 3.05) is 19.6 Å². The Morgan fingerprint density at radius 2 is 1.70 bits per heavy atom. The van der Waals surface area contributed by atoms with Crippen molar-refractivity contribution >= 4 is 23.4 Å². The number of hydrogen-bond acceptors (Lipinski definition) is 3. The van der Waals surface area contributed by atoms with E-state index in [1.807, 2.05) is 4.90 Å². The molecule has 1 spiro atoms. The van der Waals surface area contributed by atoms with Gasteiger partial charge >= 0.3 is 0 Å². The monoisotopic (exact) mass is 428 g/mol. The normalized spacial score (nSPS) is 20.9. The number of amides is 2. The number of rotatable bonds is 3. The van der Waals surface area contributed by atoms with Gasteiger partial charge in [-0.1, -0.05) is 23.7 Å². The fraction of sp³-hybridized carbons (Fsp3) is 0.391. The molecule has 0 atom stereocenters. The molecular weight excluding hydrogens is 407 g/mol. The molecule has 1 saturated heterocycles. The number of aliphatic hydroxyl groups is 1. The molecule has 2 amide bonds. The molecule has 1 N–H and O–H groups in total. The van der Waals surface area contributed by atoms with E-state index in [1.54, 1.807) is 41.3 Å². The third-order valence-electron chi connectivity index (χ3n) is 6.51. The van der Waals surface area contributed by atoms with Crippen molar-refractivity contribution in [3.05, 3.63) is 58.9 Å². The average molecular weight is 429 g/mol. The Morgan fingerprint density at radius 3 is 2.30 bits per heavy atom. The summed E-state index contributed by atoms with van der Waals surface area (Å²) in [6, 6.07) is 11.4. The van der Waals surface area contributed by atoms with E-state index in [1.165, 1.54) is 6.07 Å². The second-order valence-corrected chi connectivity index (χ2v) is 9.08. The van der Waals surface area contributed by atoms with E-state index < -0.39 is 11.4 Å². The molecule has 1 aliphatic heterocycles. The van der Waals surface area contributed by atoms with Crippen molar-refractivity contribution in [2.45, 2.75) is 36.8 Å². The first kappa shape index (κ1) is 19.5. The summed E-state index contributed by atoms with van der Waals surface area (Å²) in [4.78, 5) is 29.3. The Morgan fingerprint density at radius 1 is 1.00 bits per heavy atom. The average Bonchev–Trinajstić information content (AvgIpc) is 3.66. The molecule has 2 aromatic carbocycles. The summed E-state index contributed by atoms with van der Waals surface area (Å²) >= 11 is 5.82. The molecule has 0 aromatic heterocycles. The van der Waals surface area contributed by atoms with Gasteiger partial charge in [-0.3, -0.25) is 9.59 Å². The van der Waals surface area contributed by atoms with E-state index in [0.717, 1.165) is 12.8 Å². The Kier molecular flexibility index (Phi) is 4.42. The highest BCUT2D eigenvalue weighted by atomic mass is 35.5. The minimum absolute atomic E-state index is 0.0761. The number of benzene rings is 2. The van der Waals surface area contributed by atoms with Crippen LogP contribution >= 0.6 is 11.6 Å². The Labute approximate surface area is 179 Å². The second-order valence-electron chi connectivity index (χ2n) is 8.64. The highest BCUT2D eigenvalue weighted by molar-refractivity contribution is 6.30. The number of nitrogens with zero attached hydrogens (tertiary/aromatic N) is 2. The maximum absolute atomic E-state index is 14.2. The SMILES string of the molecule is O=C(c1ccc(-c2ccc(Cl)cc2F)cc1)N1CCN(C(=O)C2(O)CC2)CC12CC2. The molecule has 2 saturated carbocycles. The smallest absolute Gasteiger partial charge is 0.254 e. The fourth-order valence-corrected chi connectivity index (χ4v) is 4.50. The number of hydrogen-bond donors (Lipinski definition) is 1. The zero-order valence-corrected chi connectivity index (χ0v) is 17.2. The van der Waals surface area contributed by atoms with Gasteiger partial charge in [-0.15, -0.1) is 0 Å². The van der Waals surface area contributed by atoms with Gasteiger partial charge in [0, 0.05) is 35.8 Å². The maximum Gasteiger partial charge on any atom is 0.254 e. The first-order chi connectivity index (χ1) is 14.3. The third-order valence-corrected chi connectivity index (χ3v) is 6.74. The molecule has 2 aliphatic carbocycles. The van der Waals surface area contributed by atoms with Crippen molar-refractivity contribution in [3.8, 4) is 11.1 Å². The lowest BCUT2D eigenvalue weighted by molar-refractivity contribution is -0.145. The Bertz CT molecular complexity index is 1030. The van der Waals surface area contributed by atoms with Crippen molar-refractivity contribution < 1.29 is 19.1 Å². The van der Waals surface area contributed by atoms with Crippen LogP contribution in [0.25, 0.3) is 11.1 Å². The summed E-state index contributed by atoms with van der Waals surface area (Å²) in [5, 5.41) is 10.5. The van der Waals surface area contributed by atoms with Gasteiger partial charge in [-0.05, 0) is 61.6 Å². The van der Waals surface area contributed by atoms with E-state index in [9.17, 15) is 19.1 Å². The molecule has 0 unspecified atom stereocenters. The van der Waals surface area contributed by atoms with Crippen LogP contribution in [0.2, 0.25) is 5.02 Å². The van der Waals surface area contributed by atoms with Crippen LogP contribution in [-0.4, -0.2) is 57.5 Å². The van der Waals surface area contributed by atoms with Crippen molar-refractivity contribution in [1.82, 2.24) is 9.80 Å². The third kappa shape index (κ3) is 3.28. The molecule has 3 fully saturated rings. The van der Waals surface area contributed by atoms with Crippen LogP contribution in [0.4, 0.5) is 4.39 Å². The van der Waals surface area contributed by atoms with Gasteiger partial charge in [-0.2, -0.15) is 0 Å². The molecule has 5 rings (SSSR count). The van der Waals surface area contributed by atoms with E-state index in [2.05, 4.69) is 0 Å². The largest absolute Gasteiger partial charge is 0.380 e. The van der Waals surface area contributed by atoms with Crippen LogP contribution in [-0.2, 0) is 4.79 Å². The van der Waals surface area contributed by atoms with Crippen LogP contribution in [0.5, 0.6) is 0 Å². The van der Waals surface area contributed by atoms with E-state index in [-0.39, 0.29) is 17.4 Å². The predicted octanol–water partition coefficient (Wildman–Crippen LogP) is 3.49. The standard InChI is InChI=1S/C23H22ClFN2O3/c24-17-5-6-18(19(25)13-17)15-1-3-16(4-2-15)20(28)27-12-11-26(14-22(27)7-8-22)21(29)23(30)9-10-23/h1-6,13,30H,7-12,14H2. The van der Waals surface area contributed by atoms with Gasteiger partial charge in [0.2, 0.25) is 0 Å². The number of carbonyl (C=O) groups is 2. The van der Waals surface area contributed by atoms with Crippen LogP contribution in [0.15, 0.2) is 42.5 Å². The lowest BCUT2D eigenvalue weighted by atomic mass is 10.0. The summed E-state index contributed by atoms with van der Waals surface area (Å²) in [5.41, 5.74) is 0.156. The maximum atomic E-state index is 14.2.